The van der Waals surface area contributed by atoms with E-state index in [0.29, 0.717) is 0 Å². The maximum atomic E-state index is 11.9. The van der Waals surface area contributed by atoms with Crippen molar-refractivity contribution in [1.29, 1.82) is 0 Å². The van der Waals surface area contributed by atoms with E-state index in [1.165, 1.54) is 0 Å². The molecule has 3 nitrogen and oxygen atoms in total. The van der Waals surface area contributed by atoms with Crippen LogP contribution >= 0.6 is 0 Å². The van der Waals surface area contributed by atoms with E-state index >= 15 is 0 Å². The lowest BCUT2D eigenvalue weighted by molar-refractivity contribution is -0.153. The molecule has 1 aliphatic heterocycles. The molecular formula is C7H14F3N3. The average molecular weight is 197 g/mol. The number of rotatable bonds is 0. The summed E-state index contributed by atoms with van der Waals surface area (Å²) in [6.45, 7) is 4.14. The summed E-state index contributed by atoms with van der Waals surface area (Å²) >= 11 is 0. The number of halogens is 3. The van der Waals surface area contributed by atoms with Gasteiger partial charge in [0.15, 0.2) is 5.96 Å². The van der Waals surface area contributed by atoms with Gasteiger partial charge >= 0.3 is 6.18 Å². The van der Waals surface area contributed by atoms with E-state index in [0.717, 1.165) is 0 Å². The van der Waals surface area contributed by atoms with Gasteiger partial charge in [-0.3, -0.25) is 4.99 Å². The molecule has 0 saturated heterocycles. The Balaban J connectivity index is 0.000000671. The van der Waals surface area contributed by atoms with Gasteiger partial charge in [-0.15, -0.1) is 0 Å². The first-order valence-electron chi connectivity index (χ1n) is 4.13. The molecule has 1 rings (SSSR count). The number of nitrogens with one attached hydrogen (secondary N) is 1. The molecule has 78 valence electrons. The maximum absolute atomic E-state index is 11.9. The standard InChI is InChI=1S/C5H8F3N3.C2H6/c6-5(7,8)3-1-2-10-4(9)11-3;1-2/h3H,1-2H2,(H3,9,10,11);1-2H3. The highest BCUT2D eigenvalue weighted by atomic mass is 19.4. The van der Waals surface area contributed by atoms with E-state index < -0.39 is 12.2 Å². The molecular weight excluding hydrogens is 183 g/mol. The van der Waals surface area contributed by atoms with Crippen molar-refractivity contribution in [2.24, 2.45) is 10.7 Å². The molecule has 0 aromatic rings. The van der Waals surface area contributed by atoms with Crippen LogP contribution in [0.5, 0.6) is 0 Å². The number of alkyl halides is 3. The lowest BCUT2D eigenvalue weighted by Gasteiger charge is -2.24. The van der Waals surface area contributed by atoms with E-state index in [9.17, 15) is 13.2 Å². The van der Waals surface area contributed by atoms with Crippen molar-refractivity contribution in [3.63, 3.8) is 0 Å². The molecule has 13 heavy (non-hydrogen) atoms. The zero-order valence-corrected chi connectivity index (χ0v) is 7.65. The quantitative estimate of drug-likeness (QED) is 0.614. The Morgan fingerprint density at radius 1 is 1.46 bits per heavy atom. The zero-order chi connectivity index (χ0) is 10.5. The van der Waals surface area contributed by atoms with Crippen LogP contribution < -0.4 is 11.1 Å². The fourth-order valence-electron chi connectivity index (χ4n) is 0.856. The Bertz CT molecular complexity index is 176. The second-order valence-corrected chi connectivity index (χ2v) is 2.29. The Morgan fingerprint density at radius 3 is 2.31 bits per heavy atom. The van der Waals surface area contributed by atoms with E-state index in [4.69, 9.17) is 5.73 Å². The van der Waals surface area contributed by atoms with Gasteiger partial charge < -0.3 is 11.1 Å². The number of hydrogen-bond donors (Lipinski definition) is 2. The van der Waals surface area contributed by atoms with Crippen LogP contribution in [0.25, 0.3) is 0 Å². The lowest BCUT2D eigenvalue weighted by Crippen LogP contribution is -2.51. The summed E-state index contributed by atoms with van der Waals surface area (Å²) in [5, 5.41) is 2.06. The van der Waals surface area contributed by atoms with Crippen LogP contribution in [0.15, 0.2) is 4.99 Å². The van der Waals surface area contributed by atoms with Crippen LogP contribution in [0, 0.1) is 0 Å². The molecule has 6 heteroatoms. The predicted octanol–water partition coefficient (Wildman–Crippen LogP) is 1.25. The van der Waals surface area contributed by atoms with Gasteiger partial charge in [0.2, 0.25) is 0 Å². The Morgan fingerprint density at radius 2 is 2.00 bits per heavy atom. The fraction of sp³-hybridized carbons (Fsp3) is 0.857. The number of nitrogens with two attached hydrogens (primary N) is 1. The molecule has 0 saturated carbocycles. The van der Waals surface area contributed by atoms with Crippen LogP contribution in [0.3, 0.4) is 0 Å². The molecule has 0 aromatic carbocycles. The van der Waals surface area contributed by atoms with Gasteiger partial charge in [0.1, 0.15) is 6.04 Å². The van der Waals surface area contributed by atoms with Gasteiger partial charge in [-0.05, 0) is 6.42 Å². The maximum Gasteiger partial charge on any atom is 0.408 e. The summed E-state index contributed by atoms with van der Waals surface area (Å²) in [7, 11) is 0. The number of guanidine groups is 1. The zero-order valence-electron chi connectivity index (χ0n) is 7.65. The van der Waals surface area contributed by atoms with Crippen molar-refractivity contribution in [2.45, 2.75) is 32.5 Å². The third kappa shape index (κ3) is 4.00. The van der Waals surface area contributed by atoms with Crippen molar-refractivity contribution >= 4 is 5.96 Å². The van der Waals surface area contributed by atoms with Crippen LogP contribution in [-0.2, 0) is 0 Å². The molecule has 0 fully saturated rings. The molecule has 0 aromatic heterocycles. The third-order valence-corrected chi connectivity index (χ3v) is 1.42. The van der Waals surface area contributed by atoms with E-state index in [2.05, 4.69) is 10.3 Å². The SMILES string of the molecule is CC.NC1=NCCC(C(F)(F)F)N1. The van der Waals surface area contributed by atoms with Crippen molar-refractivity contribution in [3.05, 3.63) is 0 Å². The van der Waals surface area contributed by atoms with E-state index in [-0.39, 0.29) is 18.9 Å². The van der Waals surface area contributed by atoms with Gasteiger partial charge in [0, 0.05) is 6.54 Å². The molecule has 0 aliphatic carbocycles. The van der Waals surface area contributed by atoms with Crippen LogP contribution in [0.2, 0.25) is 0 Å². The summed E-state index contributed by atoms with van der Waals surface area (Å²) in [6.07, 6.45) is -4.26. The Hall–Kier alpha value is -0.940. The molecule has 1 unspecified atom stereocenters. The lowest BCUT2D eigenvalue weighted by atomic mass is 10.2. The third-order valence-electron chi connectivity index (χ3n) is 1.42. The van der Waals surface area contributed by atoms with Crippen LogP contribution in [0.1, 0.15) is 20.3 Å². The molecule has 0 amide bonds. The molecule has 0 radical (unpaired) electrons. The van der Waals surface area contributed by atoms with E-state index in [1.807, 2.05) is 13.8 Å². The monoisotopic (exact) mass is 197 g/mol. The normalized spacial score (nSPS) is 22.2. The largest absolute Gasteiger partial charge is 0.408 e. The smallest absolute Gasteiger partial charge is 0.370 e. The number of aliphatic imine (C=N–C) groups is 1. The Labute approximate surface area is 75.2 Å². The topological polar surface area (TPSA) is 50.4 Å². The highest BCUT2D eigenvalue weighted by molar-refractivity contribution is 5.78. The minimum atomic E-state index is -4.22. The summed E-state index contributed by atoms with van der Waals surface area (Å²) < 4.78 is 35.8. The molecule has 1 heterocycles. The molecule has 1 atom stereocenters. The average Bonchev–Trinajstić information content (AvgIpc) is 2.06. The second kappa shape index (κ2) is 4.94. The van der Waals surface area contributed by atoms with Crippen molar-refractivity contribution in [1.82, 2.24) is 5.32 Å². The van der Waals surface area contributed by atoms with Gasteiger partial charge in [-0.25, -0.2) is 0 Å². The summed E-state index contributed by atoms with van der Waals surface area (Å²) in [5.41, 5.74) is 5.06. The van der Waals surface area contributed by atoms with Crippen molar-refractivity contribution in [2.75, 3.05) is 6.54 Å². The molecule has 0 bridgehead atoms. The summed E-state index contributed by atoms with van der Waals surface area (Å²) in [4.78, 5) is 3.58. The number of nitrogens with zero attached hydrogens (tertiary/aromatic N) is 1. The van der Waals surface area contributed by atoms with Crippen molar-refractivity contribution < 1.29 is 13.2 Å². The summed E-state index contributed by atoms with van der Waals surface area (Å²) in [5.74, 6) is -0.126. The Kier molecular flexibility index (Phi) is 4.58. The highest BCUT2D eigenvalue weighted by Crippen LogP contribution is 2.23. The van der Waals surface area contributed by atoms with Gasteiger partial charge in [-0.1, -0.05) is 13.8 Å². The van der Waals surface area contributed by atoms with Gasteiger partial charge in [-0.2, -0.15) is 13.2 Å². The first kappa shape index (κ1) is 12.1. The minimum Gasteiger partial charge on any atom is -0.370 e. The first-order chi connectivity index (χ1) is 6.00. The molecule has 0 spiro atoms. The van der Waals surface area contributed by atoms with Crippen LogP contribution in [0.4, 0.5) is 13.2 Å². The van der Waals surface area contributed by atoms with E-state index in [1.54, 1.807) is 0 Å². The predicted molar refractivity (Wildman–Crippen MR) is 45.4 cm³/mol. The van der Waals surface area contributed by atoms with Crippen LogP contribution in [-0.4, -0.2) is 24.7 Å². The molecule has 3 N–H and O–H groups in total. The van der Waals surface area contributed by atoms with Crippen molar-refractivity contribution in [3.8, 4) is 0 Å². The van der Waals surface area contributed by atoms with Gasteiger partial charge in [0.25, 0.3) is 0 Å². The van der Waals surface area contributed by atoms with Gasteiger partial charge in [0.05, 0.1) is 0 Å². The molecule has 1 aliphatic rings. The second-order valence-electron chi connectivity index (χ2n) is 2.29. The minimum absolute atomic E-state index is 0.0375. The summed E-state index contributed by atoms with van der Waals surface area (Å²) in [6, 6.07) is -1.53. The first-order valence-corrected chi connectivity index (χ1v) is 4.13. The highest BCUT2D eigenvalue weighted by Gasteiger charge is 2.40. The fourth-order valence-corrected chi connectivity index (χ4v) is 0.856. The number of hydrogen-bond acceptors (Lipinski definition) is 3.